The van der Waals surface area contributed by atoms with E-state index in [2.05, 4.69) is 5.32 Å². The number of amides is 2. The highest BCUT2D eigenvalue weighted by molar-refractivity contribution is 5.91. The molecule has 4 heteroatoms. The normalized spacial score (nSPS) is 23.0. The van der Waals surface area contributed by atoms with Crippen molar-refractivity contribution in [1.82, 2.24) is 10.2 Å². The predicted molar refractivity (Wildman–Crippen MR) is 79.2 cm³/mol. The molecule has 0 aromatic heterocycles. The molecule has 1 heterocycles. The molecule has 0 aromatic carbocycles. The highest BCUT2D eigenvalue weighted by atomic mass is 16.2. The van der Waals surface area contributed by atoms with E-state index in [1.54, 1.807) is 4.90 Å². The van der Waals surface area contributed by atoms with Gasteiger partial charge in [-0.3, -0.25) is 9.59 Å². The molecule has 2 aliphatic rings. The van der Waals surface area contributed by atoms with Gasteiger partial charge in [0.25, 0.3) is 0 Å². The van der Waals surface area contributed by atoms with Gasteiger partial charge >= 0.3 is 0 Å². The summed E-state index contributed by atoms with van der Waals surface area (Å²) in [4.78, 5) is 26.3. The Morgan fingerprint density at radius 1 is 1.30 bits per heavy atom. The van der Waals surface area contributed by atoms with Crippen LogP contribution >= 0.6 is 0 Å². The maximum Gasteiger partial charge on any atom is 0.247 e. The van der Waals surface area contributed by atoms with Crippen molar-refractivity contribution in [3.63, 3.8) is 0 Å². The van der Waals surface area contributed by atoms with Gasteiger partial charge < -0.3 is 10.2 Å². The van der Waals surface area contributed by atoms with E-state index in [0.29, 0.717) is 19.0 Å². The third-order valence-electron chi connectivity index (χ3n) is 4.51. The Morgan fingerprint density at radius 2 is 2.00 bits per heavy atom. The Morgan fingerprint density at radius 3 is 2.55 bits per heavy atom. The molecule has 1 aliphatic carbocycles. The average molecular weight is 278 g/mol. The number of nitrogens with zero attached hydrogens (tertiary/aromatic N) is 1. The summed E-state index contributed by atoms with van der Waals surface area (Å²) >= 11 is 0. The van der Waals surface area contributed by atoms with Crippen LogP contribution in [0.15, 0.2) is 11.6 Å². The third kappa shape index (κ3) is 3.41. The van der Waals surface area contributed by atoms with E-state index in [0.717, 1.165) is 24.8 Å². The summed E-state index contributed by atoms with van der Waals surface area (Å²) in [6.07, 6.45) is 9.18. The lowest BCUT2D eigenvalue weighted by Gasteiger charge is -2.31. The van der Waals surface area contributed by atoms with Crippen LogP contribution in [-0.4, -0.2) is 35.3 Å². The molecule has 1 N–H and O–H groups in total. The minimum Gasteiger partial charge on any atom is -0.351 e. The fraction of sp³-hybridized carbons (Fsp3) is 0.750. The Bertz CT molecular complexity index is 397. The fourth-order valence-electron chi connectivity index (χ4n) is 3.22. The van der Waals surface area contributed by atoms with Crippen LogP contribution in [0.4, 0.5) is 0 Å². The van der Waals surface area contributed by atoms with Gasteiger partial charge in [0.1, 0.15) is 6.04 Å². The monoisotopic (exact) mass is 278 g/mol. The van der Waals surface area contributed by atoms with Gasteiger partial charge in [0.15, 0.2) is 0 Å². The fourth-order valence-corrected chi connectivity index (χ4v) is 3.22. The second-order valence-corrected chi connectivity index (χ2v) is 5.97. The first kappa shape index (κ1) is 15.1. The Kier molecular flexibility index (Phi) is 5.21. The van der Waals surface area contributed by atoms with Gasteiger partial charge in [-0.25, -0.2) is 0 Å². The van der Waals surface area contributed by atoms with Crippen LogP contribution in [0.5, 0.6) is 0 Å². The van der Waals surface area contributed by atoms with Gasteiger partial charge in [0.2, 0.25) is 11.8 Å². The van der Waals surface area contributed by atoms with Crippen molar-refractivity contribution in [2.24, 2.45) is 0 Å². The summed E-state index contributed by atoms with van der Waals surface area (Å²) in [6.45, 7) is 4.57. The molecule has 0 aromatic rings. The third-order valence-corrected chi connectivity index (χ3v) is 4.51. The van der Waals surface area contributed by atoms with Crippen LogP contribution in [0.2, 0.25) is 0 Å². The van der Waals surface area contributed by atoms with Gasteiger partial charge in [0.05, 0.1) is 0 Å². The SMILES string of the molecule is C/C=C(\C)C(C(=O)NC1CCCCC1)N1CCCC1=O. The number of carbonyl (C=O) groups is 2. The van der Waals surface area contributed by atoms with E-state index in [1.807, 2.05) is 19.9 Å². The van der Waals surface area contributed by atoms with E-state index < -0.39 is 6.04 Å². The first-order valence-corrected chi connectivity index (χ1v) is 7.86. The molecular formula is C16H26N2O2. The Hall–Kier alpha value is -1.32. The van der Waals surface area contributed by atoms with Crippen molar-refractivity contribution in [1.29, 1.82) is 0 Å². The second kappa shape index (κ2) is 6.91. The van der Waals surface area contributed by atoms with Gasteiger partial charge in [-0.2, -0.15) is 0 Å². The van der Waals surface area contributed by atoms with Crippen molar-refractivity contribution in [2.75, 3.05) is 6.54 Å². The van der Waals surface area contributed by atoms with E-state index in [9.17, 15) is 9.59 Å². The molecule has 2 amide bonds. The highest BCUT2D eigenvalue weighted by Crippen LogP contribution is 2.21. The summed E-state index contributed by atoms with van der Waals surface area (Å²) in [5.41, 5.74) is 0.966. The summed E-state index contributed by atoms with van der Waals surface area (Å²) in [5.74, 6) is 0.109. The molecule has 112 valence electrons. The van der Waals surface area contributed by atoms with Gasteiger partial charge in [-0.1, -0.05) is 25.3 Å². The zero-order valence-electron chi connectivity index (χ0n) is 12.7. The molecule has 4 nitrogen and oxygen atoms in total. The van der Waals surface area contributed by atoms with E-state index in [4.69, 9.17) is 0 Å². The molecule has 1 aliphatic heterocycles. The summed E-state index contributed by atoms with van der Waals surface area (Å²) < 4.78 is 0. The molecule has 2 fully saturated rings. The molecule has 1 saturated carbocycles. The van der Waals surface area contributed by atoms with Gasteiger partial charge in [-0.15, -0.1) is 0 Å². The lowest BCUT2D eigenvalue weighted by molar-refractivity contribution is -0.136. The first-order valence-electron chi connectivity index (χ1n) is 7.86. The van der Waals surface area contributed by atoms with Crippen LogP contribution < -0.4 is 5.32 Å². The zero-order chi connectivity index (χ0) is 14.5. The van der Waals surface area contributed by atoms with Gasteiger partial charge in [-0.05, 0) is 38.7 Å². The predicted octanol–water partition coefficient (Wildman–Crippen LogP) is 2.39. The number of hydrogen-bond donors (Lipinski definition) is 1. The number of nitrogens with one attached hydrogen (secondary N) is 1. The van der Waals surface area contributed by atoms with Crippen LogP contribution in [-0.2, 0) is 9.59 Å². The van der Waals surface area contributed by atoms with E-state index in [1.165, 1.54) is 19.3 Å². The number of carbonyl (C=O) groups excluding carboxylic acids is 2. The summed E-state index contributed by atoms with van der Waals surface area (Å²) in [7, 11) is 0. The minimum absolute atomic E-state index is 0.00255. The standard InChI is InChI=1S/C16H26N2O2/c1-3-12(2)15(18-11-7-10-14(18)19)16(20)17-13-8-5-4-6-9-13/h3,13,15H,4-11H2,1-2H3,(H,17,20)/b12-3+. The van der Waals surface area contributed by atoms with Crippen LogP contribution in [0.25, 0.3) is 0 Å². The molecule has 20 heavy (non-hydrogen) atoms. The molecule has 0 bridgehead atoms. The molecule has 1 saturated heterocycles. The molecular weight excluding hydrogens is 252 g/mol. The van der Waals surface area contributed by atoms with Crippen molar-refractivity contribution in [3.8, 4) is 0 Å². The molecule has 2 rings (SSSR count). The van der Waals surface area contributed by atoms with E-state index >= 15 is 0 Å². The lowest BCUT2D eigenvalue weighted by Crippen LogP contribution is -2.51. The molecule has 1 atom stereocenters. The zero-order valence-corrected chi connectivity index (χ0v) is 12.7. The summed E-state index contributed by atoms with van der Waals surface area (Å²) in [5, 5.41) is 3.16. The maximum absolute atomic E-state index is 12.6. The van der Waals surface area contributed by atoms with Crippen LogP contribution in [0, 0.1) is 0 Å². The minimum atomic E-state index is -0.406. The quantitative estimate of drug-likeness (QED) is 0.803. The Labute approximate surface area is 121 Å². The average Bonchev–Trinajstić information content (AvgIpc) is 2.86. The molecule has 0 radical (unpaired) electrons. The highest BCUT2D eigenvalue weighted by Gasteiger charge is 2.34. The van der Waals surface area contributed by atoms with E-state index in [-0.39, 0.29) is 11.8 Å². The summed E-state index contributed by atoms with van der Waals surface area (Å²) in [6, 6.07) is -0.113. The van der Waals surface area contributed by atoms with Gasteiger partial charge in [0, 0.05) is 19.0 Å². The number of hydrogen-bond acceptors (Lipinski definition) is 2. The lowest BCUT2D eigenvalue weighted by atomic mass is 9.95. The van der Waals surface area contributed by atoms with Crippen molar-refractivity contribution >= 4 is 11.8 Å². The Balaban J connectivity index is 2.05. The van der Waals surface area contributed by atoms with Crippen LogP contribution in [0.3, 0.4) is 0 Å². The van der Waals surface area contributed by atoms with Crippen LogP contribution in [0.1, 0.15) is 58.8 Å². The first-order chi connectivity index (χ1) is 9.63. The number of likely N-dealkylation sites (tertiary alicyclic amines) is 1. The smallest absolute Gasteiger partial charge is 0.247 e. The molecule has 1 unspecified atom stereocenters. The topological polar surface area (TPSA) is 49.4 Å². The molecule has 0 spiro atoms. The van der Waals surface area contributed by atoms with Crippen molar-refractivity contribution in [2.45, 2.75) is 70.9 Å². The largest absolute Gasteiger partial charge is 0.351 e. The maximum atomic E-state index is 12.6. The van der Waals surface area contributed by atoms with Crippen molar-refractivity contribution < 1.29 is 9.59 Å². The van der Waals surface area contributed by atoms with Crippen molar-refractivity contribution in [3.05, 3.63) is 11.6 Å². The number of allylic oxidation sites excluding steroid dienone is 1. The number of rotatable bonds is 4. The second-order valence-electron chi connectivity index (χ2n) is 5.97.